The predicted octanol–water partition coefficient (Wildman–Crippen LogP) is 5.67. The third kappa shape index (κ3) is 7.78. The van der Waals surface area contributed by atoms with Crippen LogP contribution in [0.25, 0.3) is 0 Å². The number of aryl methyl sites for hydroxylation is 1. The van der Waals surface area contributed by atoms with Gasteiger partial charge in [0.25, 0.3) is 0 Å². The number of hydrogen-bond donors (Lipinski definition) is 1. The Morgan fingerprint density at radius 1 is 1.15 bits per heavy atom. The molecule has 6 heteroatoms. The molecule has 5 nitrogen and oxygen atoms in total. The summed E-state index contributed by atoms with van der Waals surface area (Å²) in [6.07, 6.45) is 5.84. The maximum absolute atomic E-state index is 13.3. The van der Waals surface area contributed by atoms with Gasteiger partial charge in [-0.15, -0.1) is 0 Å². The lowest BCUT2D eigenvalue weighted by Crippen LogP contribution is -2.50. The molecule has 0 radical (unpaired) electrons. The van der Waals surface area contributed by atoms with Crippen molar-refractivity contribution in [1.29, 1.82) is 0 Å². The number of rotatable bonds is 11. The van der Waals surface area contributed by atoms with Gasteiger partial charge in [-0.05, 0) is 62.4 Å². The second kappa shape index (κ2) is 12.6. The van der Waals surface area contributed by atoms with Gasteiger partial charge in [-0.3, -0.25) is 9.59 Å². The highest BCUT2D eigenvalue weighted by molar-refractivity contribution is 6.30. The fraction of sp³-hybridized carbons (Fsp3) is 0.481. The second-order valence-electron chi connectivity index (χ2n) is 8.83. The summed E-state index contributed by atoms with van der Waals surface area (Å²) in [5.74, 6) is 0.665. The van der Waals surface area contributed by atoms with E-state index in [-0.39, 0.29) is 17.9 Å². The quantitative estimate of drug-likeness (QED) is 0.430. The molecule has 1 fully saturated rings. The summed E-state index contributed by atoms with van der Waals surface area (Å²) >= 11 is 5.91. The molecular weight excluding hydrogens is 436 g/mol. The molecule has 2 aromatic rings. The highest BCUT2D eigenvalue weighted by Crippen LogP contribution is 2.20. The van der Waals surface area contributed by atoms with Crippen LogP contribution >= 0.6 is 11.6 Å². The van der Waals surface area contributed by atoms with E-state index in [2.05, 4.69) is 11.4 Å². The molecule has 178 valence electrons. The Kier molecular flexibility index (Phi) is 9.61. The van der Waals surface area contributed by atoms with Crippen molar-refractivity contribution < 1.29 is 14.3 Å². The lowest BCUT2D eigenvalue weighted by molar-refractivity contribution is -0.141. The van der Waals surface area contributed by atoms with E-state index in [1.165, 1.54) is 0 Å². The topological polar surface area (TPSA) is 58.6 Å². The zero-order valence-electron chi connectivity index (χ0n) is 19.7. The summed E-state index contributed by atoms with van der Waals surface area (Å²) < 4.78 is 5.74. The highest BCUT2D eigenvalue weighted by atomic mass is 35.5. The number of carbonyl (C=O) groups is 2. The Bertz CT molecular complexity index is 910. The van der Waals surface area contributed by atoms with Gasteiger partial charge in [0.1, 0.15) is 11.8 Å². The third-order valence-corrected chi connectivity index (χ3v) is 6.39. The lowest BCUT2D eigenvalue weighted by atomic mass is 10.1. The van der Waals surface area contributed by atoms with Gasteiger partial charge in [-0.1, -0.05) is 61.2 Å². The summed E-state index contributed by atoms with van der Waals surface area (Å²) in [6, 6.07) is 15.1. The Balaban J connectivity index is 1.64. The first-order valence-corrected chi connectivity index (χ1v) is 12.4. The molecule has 0 heterocycles. The standard InChI is InChI=1S/C27H35ClN2O3/c1-3-25(27(32)29-23-10-4-5-11-23)30(19-21-9-6-8-20(2)18-21)26(31)12-7-17-33-24-15-13-22(28)14-16-24/h6,8-9,13-16,18,23,25H,3-5,7,10-12,17,19H2,1-2H3,(H,29,32)/t25-/m0/s1. The molecule has 0 unspecified atom stereocenters. The molecule has 1 aliphatic carbocycles. The largest absolute Gasteiger partial charge is 0.494 e. The monoisotopic (exact) mass is 470 g/mol. The molecule has 1 atom stereocenters. The number of hydrogen-bond acceptors (Lipinski definition) is 3. The number of ether oxygens (including phenoxy) is 1. The van der Waals surface area contributed by atoms with Gasteiger partial charge in [0.15, 0.2) is 0 Å². The van der Waals surface area contributed by atoms with Gasteiger partial charge in [0.05, 0.1) is 6.61 Å². The predicted molar refractivity (Wildman–Crippen MR) is 132 cm³/mol. The fourth-order valence-electron chi connectivity index (χ4n) is 4.38. The van der Waals surface area contributed by atoms with Crippen molar-refractivity contribution in [2.75, 3.05) is 6.61 Å². The molecule has 33 heavy (non-hydrogen) atoms. The van der Waals surface area contributed by atoms with E-state index in [1.807, 2.05) is 44.2 Å². The van der Waals surface area contributed by atoms with Crippen molar-refractivity contribution >= 4 is 23.4 Å². The number of carbonyl (C=O) groups excluding carboxylic acids is 2. The van der Waals surface area contributed by atoms with Crippen LogP contribution in [0.3, 0.4) is 0 Å². The van der Waals surface area contributed by atoms with Gasteiger partial charge in [-0.2, -0.15) is 0 Å². The Labute approximate surface area is 202 Å². The first-order valence-electron chi connectivity index (χ1n) is 12.0. The SMILES string of the molecule is CC[C@@H](C(=O)NC1CCCC1)N(Cc1cccc(C)c1)C(=O)CCCOc1ccc(Cl)cc1. The van der Waals surface area contributed by atoms with Crippen molar-refractivity contribution in [3.05, 3.63) is 64.7 Å². The van der Waals surface area contributed by atoms with E-state index in [0.29, 0.717) is 37.4 Å². The summed E-state index contributed by atoms with van der Waals surface area (Å²) in [5, 5.41) is 3.85. The van der Waals surface area contributed by atoms with E-state index in [9.17, 15) is 9.59 Å². The maximum Gasteiger partial charge on any atom is 0.243 e. The molecule has 2 amide bonds. The molecule has 0 spiro atoms. The molecule has 0 bridgehead atoms. The number of nitrogens with one attached hydrogen (secondary N) is 1. The van der Waals surface area contributed by atoms with E-state index in [4.69, 9.17) is 16.3 Å². The lowest BCUT2D eigenvalue weighted by Gasteiger charge is -2.31. The van der Waals surface area contributed by atoms with Gasteiger partial charge in [-0.25, -0.2) is 0 Å². The first kappa shape index (κ1) is 25.1. The normalized spacial score (nSPS) is 14.6. The minimum atomic E-state index is -0.476. The Morgan fingerprint density at radius 2 is 1.88 bits per heavy atom. The minimum Gasteiger partial charge on any atom is -0.494 e. The highest BCUT2D eigenvalue weighted by Gasteiger charge is 2.30. The van der Waals surface area contributed by atoms with Crippen LogP contribution in [0.1, 0.15) is 63.0 Å². The third-order valence-electron chi connectivity index (χ3n) is 6.14. The van der Waals surface area contributed by atoms with Crippen molar-refractivity contribution in [3.8, 4) is 5.75 Å². The zero-order valence-corrected chi connectivity index (χ0v) is 20.4. The van der Waals surface area contributed by atoms with Gasteiger partial charge in [0.2, 0.25) is 11.8 Å². The minimum absolute atomic E-state index is 0.0235. The van der Waals surface area contributed by atoms with Crippen molar-refractivity contribution in [3.63, 3.8) is 0 Å². The van der Waals surface area contributed by atoms with E-state index < -0.39 is 6.04 Å². The summed E-state index contributed by atoms with van der Waals surface area (Å²) in [6.45, 7) is 4.86. The van der Waals surface area contributed by atoms with Gasteiger partial charge >= 0.3 is 0 Å². The molecule has 2 aromatic carbocycles. The van der Waals surface area contributed by atoms with Crippen LogP contribution in [0.4, 0.5) is 0 Å². The van der Waals surface area contributed by atoms with Crippen LogP contribution in [0.5, 0.6) is 5.75 Å². The number of benzene rings is 2. The van der Waals surface area contributed by atoms with Crippen LogP contribution in [-0.2, 0) is 16.1 Å². The first-order chi connectivity index (χ1) is 16.0. The smallest absolute Gasteiger partial charge is 0.243 e. The molecule has 0 aromatic heterocycles. The van der Waals surface area contributed by atoms with Crippen LogP contribution in [0, 0.1) is 6.92 Å². The van der Waals surface area contributed by atoms with E-state index in [0.717, 1.165) is 42.6 Å². The van der Waals surface area contributed by atoms with Crippen molar-refractivity contribution in [2.45, 2.75) is 77.4 Å². The van der Waals surface area contributed by atoms with Crippen molar-refractivity contribution in [2.24, 2.45) is 0 Å². The van der Waals surface area contributed by atoms with E-state index in [1.54, 1.807) is 17.0 Å². The molecular formula is C27H35ClN2O3. The molecule has 1 aliphatic rings. The molecule has 0 aliphatic heterocycles. The van der Waals surface area contributed by atoms with Crippen LogP contribution in [0.15, 0.2) is 48.5 Å². The molecule has 1 N–H and O–H groups in total. The van der Waals surface area contributed by atoms with E-state index >= 15 is 0 Å². The average Bonchev–Trinajstić information content (AvgIpc) is 3.30. The fourth-order valence-corrected chi connectivity index (χ4v) is 4.51. The number of halogens is 1. The molecule has 0 saturated heterocycles. The van der Waals surface area contributed by atoms with Crippen LogP contribution in [-0.4, -0.2) is 35.4 Å². The summed E-state index contributed by atoms with van der Waals surface area (Å²) in [5.41, 5.74) is 2.17. The van der Waals surface area contributed by atoms with Crippen LogP contribution < -0.4 is 10.1 Å². The Morgan fingerprint density at radius 3 is 2.55 bits per heavy atom. The molecule has 3 rings (SSSR count). The van der Waals surface area contributed by atoms with Crippen LogP contribution in [0.2, 0.25) is 5.02 Å². The second-order valence-corrected chi connectivity index (χ2v) is 9.27. The zero-order chi connectivity index (χ0) is 23.6. The summed E-state index contributed by atoms with van der Waals surface area (Å²) in [4.78, 5) is 28.2. The molecule has 1 saturated carbocycles. The van der Waals surface area contributed by atoms with Gasteiger partial charge < -0.3 is 15.0 Å². The Hall–Kier alpha value is -2.53. The number of amides is 2. The van der Waals surface area contributed by atoms with Gasteiger partial charge in [0, 0.05) is 24.0 Å². The number of nitrogens with zero attached hydrogens (tertiary/aromatic N) is 1. The average molecular weight is 471 g/mol. The van der Waals surface area contributed by atoms with Crippen molar-refractivity contribution in [1.82, 2.24) is 10.2 Å². The maximum atomic E-state index is 13.3. The summed E-state index contributed by atoms with van der Waals surface area (Å²) in [7, 11) is 0.